The predicted molar refractivity (Wildman–Crippen MR) is 89.4 cm³/mol. The first-order valence-corrected chi connectivity index (χ1v) is 7.32. The van der Waals surface area contributed by atoms with Crippen LogP contribution in [0.15, 0.2) is 42.5 Å². The van der Waals surface area contributed by atoms with Crippen molar-refractivity contribution in [3.63, 3.8) is 0 Å². The lowest BCUT2D eigenvalue weighted by Crippen LogP contribution is -2.18. The lowest BCUT2D eigenvalue weighted by molar-refractivity contribution is 0.415. The van der Waals surface area contributed by atoms with Crippen LogP contribution in [0.3, 0.4) is 0 Å². The molecule has 2 rings (SSSR count). The highest BCUT2D eigenvalue weighted by molar-refractivity contribution is 6.30. The van der Waals surface area contributed by atoms with Gasteiger partial charge >= 0.3 is 0 Å². The smallest absolute Gasteiger partial charge is 0.120 e. The topological polar surface area (TPSA) is 41.5 Å². The lowest BCUT2D eigenvalue weighted by Gasteiger charge is -2.14. The number of benzene rings is 2. The molecule has 0 amide bonds. The number of phenols is 1. The van der Waals surface area contributed by atoms with Crippen LogP contribution in [-0.4, -0.2) is 18.8 Å². The molecule has 1 atom stereocenters. The van der Waals surface area contributed by atoms with Gasteiger partial charge in [-0.15, -0.1) is 0 Å². The van der Waals surface area contributed by atoms with Gasteiger partial charge in [0.2, 0.25) is 0 Å². The Balaban J connectivity index is 1.93. The van der Waals surface area contributed by atoms with E-state index in [1.54, 1.807) is 25.3 Å². The zero-order valence-electron chi connectivity index (χ0n) is 12.6. The van der Waals surface area contributed by atoms with Gasteiger partial charge in [0.1, 0.15) is 11.5 Å². The SMILES string of the molecule is COc1ccc(C#CCNC(C)c2cc(Cl)ccc2O)cc1. The van der Waals surface area contributed by atoms with Crippen LogP contribution in [0, 0.1) is 11.8 Å². The number of nitrogens with one attached hydrogen (secondary N) is 1. The van der Waals surface area contributed by atoms with Gasteiger partial charge in [-0.2, -0.15) is 0 Å². The maximum atomic E-state index is 9.84. The van der Waals surface area contributed by atoms with Crippen molar-refractivity contribution in [3.05, 3.63) is 58.6 Å². The Labute approximate surface area is 135 Å². The summed E-state index contributed by atoms with van der Waals surface area (Å²) < 4.78 is 5.10. The Bertz CT molecular complexity index is 686. The molecule has 3 nitrogen and oxygen atoms in total. The van der Waals surface area contributed by atoms with Crippen LogP contribution in [0.5, 0.6) is 11.5 Å². The molecule has 0 bridgehead atoms. The average molecular weight is 316 g/mol. The molecule has 0 aliphatic carbocycles. The monoisotopic (exact) mass is 315 g/mol. The number of aromatic hydroxyl groups is 1. The zero-order chi connectivity index (χ0) is 15.9. The fraction of sp³-hybridized carbons (Fsp3) is 0.222. The van der Waals surface area contributed by atoms with Gasteiger partial charge in [-0.05, 0) is 49.4 Å². The summed E-state index contributed by atoms with van der Waals surface area (Å²) in [7, 11) is 1.64. The average Bonchev–Trinajstić information content (AvgIpc) is 2.54. The van der Waals surface area contributed by atoms with Crippen molar-refractivity contribution in [3.8, 4) is 23.3 Å². The minimum Gasteiger partial charge on any atom is -0.508 e. The lowest BCUT2D eigenvalue weighted by atomic mass is 10.1. The molecule has 0 saturated carbocycles. The summed E-state index contributed by atoms with van der Waals surface area (Å²) >= 11 is 5.95. The normalized spacial score (nSPS) is 11.4. The van der Waals surface area contributed by atoms with Gasteiger partial charge in [0, 0.05) is 22.2 Å². The Kier molecular flexibility index (Phi) is 5.71. The van der Waals surface area contributed by atoms with E-state index in [4.69, 9.17) is 16.3 Å². The number of phenolic OH excluding ortho intramolecular Hbond substituents is 1. The predicted octanol–water partition coefficient (Wildman–Crippen LogP) is 3.76. The fourth-order valence-corrected chi connectivity index (χ4v) is 2.19. The number of methoxy groups -OCH3 is 1. The first-order valence-electron chi connectivity index (χ1n) is 6.95. The minimum absolute atomic E-state index is 0.0381. The third kappa shape index (κ3) is 4.42. The van der Waals surface area contributed by atoms with Crippen molar-refractivity contribution >= 4 is 11.6 Å². The van der Waals surface area contributed by atoms with Gasteiger partial charge in [0.25, 0.3) is 0 Å². The van der Waals surface area contributed by atoms with E-state index in [2.05, 4.69) is 17.2 Å². The summed E-state index contributed by atoms with van der Waals surface area (Å²) in [6.45, 7) is 2.47. The molecule has 0 aliphatic rings. The molecule has 22 heavy (non-hydrogen) atoms. The third-order valence-electron chi connectivity index (χ3n) is 3.28. The van der Waals surface area contributed by atoms with Crippen LogP contribution in [0.4, 0.5) is 0 Å². The highest BCUT2D eigenvalue weighted by Gasteiger charge is 2.09. The Hall–Kier alpha value is -2.15. The first-order chi connectivity index (χ1) is 10.6. The molecule has 114 valence electrons. The molecule has 1 unspecified atom stereocenters. The van der Waals surface area contributed by atoms with Crippen molar-refractivity contribution in [2.45, 2.75) is 13.0 Å². The van der Waals surface area contributed by atoms with Crippen LogP contribution in [0.25, 0.3) is 0 Å². The molecule has 2 N–H and O–H groups in total. The van der Waals surface area contributed by atoms with Gasteiger partial charge < -0.3 is 9.84 Å². The van der Waals surface area contributed by atoms with Gasteiger partial charge in [-0.1, -0.05) is 23.4 Å². The standard InChI is InChI=1S/C18H18ClNO2/c1-13(17-12-15(19)7-10-18(17)21)20-11-3-4-14-5-8-16(22-2)9-6-14/h5-10,12-13,20-21H,11H2,1-2H3. The van der Waals surface area contributed by atoms with Gasteiger partial charge in [0.15, 0.2) is 0 Å². The molecule has 0 radical (unpaired) electrons. The highest BCUT2D eigenvalue weighted by Crippen LogP contribution is 2.26. The molecule has 0 heterocycles. The van der Waals surface area contributed by atoms with E-state index < -0.39 is 0 Å². The van der Waals surface area contributed by atoms with Crippen molar-refractivity contribution in [2.24, 2.45) is 0 Å². The van der Waals surface area contributed by atoms with Crippen LogP contribution in [-0.2, 0) is 0 Å². The largest absolute Gasteiger partial charge is 0.508 e. The second-order valence-electron chi connectivity index (χ2n) is 4.84. The minimum atomic E-state index is -0.0381. The second kappa shape index (κ2) is 7.74. The Morgan fingerprint density at radius 1 is 1.23 bits per heavy atom. The van der Waals surface area contributed by atoms with Crippen molar-refractivity contribution in [1.29, 1.82) is 0 Å². The number of ether oxygens (including phenoxy) is 1. The molecule has 0 spiro atoms. The summed E-state index contributed by atoms with van der Waals surface area (Å²) in [5.41, 5.74) is 1.69. The van der Waals surface area contributed by atoms with E-state index in [1.807, 2.05) is 31.2 Å². The van der Waals surface area contributed by atoms with Crippen LogP contribution < -0.4 is 10.1 Å². The van der Waals surface area contributed by atoms with Crippen molar-refractivity contribution in [2.75, 3.05) is 13.7 Å². The van der Waals surface area contributed by atoms with E-state index in [-0.39, 0.29) is 11.8 Å². The summed E-state index contributed by atoms with van der Waals surface area (Å²) in [5.74, 6) is 7.17. The van der Waals surface area contributed by atoms with Crippen molar-refractivity contribution in [1.82, 2.24) is 5.32 Å². The van der Waals surface area contributed by atoms with Crippen LogP contribution in [0.1, 0.15) is 24.1 Å². The third-order valence-corrected chi connectivity index (χ3v) is 3.51. The maximum absolute atomic E-state index is 9.84. The van der Waals surface area contributed by atoms with Gasteiger partial charge in [-0.3, -0.25) is 5.32 Å². The second-order valence-corrected chi connectivity index (χ2v) is 5.27. The molecular weight excluding hydrogens is 298 g/mol. The Morgan fingerprint density at radius 3 is 2.64 bits per heavy atom. The van der Waals surface area contributed by atoms with Crippen molar-refractivity contribution < 1.29 is 9.84 Å². The molecule has 0 aliphatic heterocycles. The van der Waals surface area contributed by atoms with E-state index in [0.29, 0.717) is 11.6 Å². The summed E-state index contributed by atoms with van der Waals surface area (Å²) in [4.78, 5) is 0. The first kappa shape index (κ1) is 16.2. The number of halogens is 1. The van der Waals surface area contributed by atoms with E-state index in [0.717, 1.165) is 16.9 Å². The molecular formula is C18H18ClNO2. The summed E-state index contributed by atoms with van der Waals surface area (Å²) in [6.07, 6.45) is 0. The van der Waals surface area contributed by atoms with Crippen LogP contribution in [0.2, 0.25) is 5.02 Å². The molecule has 2 aromatic carbocycles. The summed E-state index contributed by atoms with van der Waals surface area (Å²) in [5, 5.41) is 13.7. The molecule has 0 fully saturated rings. The number of hydrogen-bond acceptors (Lipinski definition) is 3. The number of hydrogen-bond donors (Lipinski definition) is 2. The Morgan fingerprint density at radius 2 is 1.95 bits per heavy atom. The van der Waals surface area contributed by atoms with Crippen LogP contribution >= 0.6 is 11.6 Å². The maximum Gasteiger partial charge on any atom is 0.120 e. The quantitative estimate of drug-likeness (QED) is 0.844. The molecule has 0 saturated heterocycles. The van der Waals surface area contributed by atoms with E-state index in [9.17, 15) is 5.11 Å². The van der Waals surface area contributed by atoms with E-state index in [1.165, 1.54) is 0 Å². The zero-order valence-corrected chi connectivity index (χ0v) is 13.3. The van der Waals surface area contributed by atoms with E-state index >= 15 is 0 Å². The number of rotatable bonds is 4. The summed E-state index contributed by atoms with van der Waals surface area (Å²) in [6, 6.07) is 12.6. The van der Waals surface area contributed by atoms with Gasteiger partial charge in [-0.25, -0.2) is 0 Å². The fourth-order valence-electron chi connectivity index (χ4n) is 2.01. The molecule has 4 heteroatoms. The highest BCUT2D eigenvalue weighted by atomic mass is 35.5. The molecule has 0 aromatic heterocycles. The van der Waals surface area contributed by atoms with Gasteiger partial charge in [0.05, 0.1) is 13.7 Å². The molecule has 2 aromatic rings.